The number of halogens is 1. The van der Waals surface area contributed by atoms with Crippen molar-refractivity contribution < 1.29 is 8.42 Å². The Hall–Kier alpha value is -2.11. The van der Waals surface area contributed by atoms with Gasteiger partial charge in [0.05, 0.1) is 21.8 Å². The molecule has 2 aromatic carbocycles. The van der Waals surface area contributed by atoms with Crippen molar-refractivity contribution in [3.05, 3.63) is 65.9 Å². The summed E-state index contributed by atoms with van der Waals surface area (Å²) in [5.41, 5.74) is 0.257. The van der Waals surface area contributed by atoms with Gasteiger partial charge >= 0.3 is 0 Å². The molecule has 0 radical (unpaired) electrons. The van der Waals surface area contributed by atoms with Crippen molar-refractivity contribution in [1.29, 1.82) is 0 Å². The van der Waals surface area contributed by atoms with Gasteiger partial charge in [-0.25, -0.2) is 8.42 Å². The van der Waals surface area contributed by atoms with Gasteiger partial charge in [-0.05, 0) is 17.5 Å². The van der Waals surface area contributed by atoms with Gasteiger partial charge in [0.1, 0.15) is 0 Å². The van der Waals surface area contributed by atoms with Gasteiger partial charge in [-0.3, -0.25) is 9.71 Å². The summed E-state index contributed by atoms with van der Waals surface area (Å²) in [7, 11) is -3.74. The lowest BCUT2D eigenvalue weighted by Crippen LogP contribution is -2.13. The Morgan fingerprint density at radius 1 is 1.00 bits per heavy atom. The van der Waals surface area contributed by atoms with Crippen molar-refractivity contribution >= 4 is 38.1 Å². The topological polar surface area (TPSA) is 59.1 Å². The number of hydrogen-bond donors (Lipinski definition) is 1. The van der Waals surface area contributed by atoms with Crippen molar-refractivity contribution in [2.75, 3.05) is 4.72 Å². The normalized spacial score (nSPS) is 11.5. The molecule has 0 atom stereocenters. The zero-order valence-electron chi connectivity index (χ0n) is 10.8. The Labute approximate surface area is 127 Å². The minimum absolute atomic E-state index is 0.209. The molecule has 0 aliphatic carbocycles. The maximum Gasteiger partial charge on any atom is 0.262 e. The third-order valence-corrected chi connectivity index (χ3v) is 4.80. The Kier molecular flexibility index (Phi) is 3.53. The van der Waals surface area contributed by atoms with Crippen LogP contribution < -0.4 is 4.72 Å². The van der Waals surface area contributed by atoms with Crippen molar-refractivity contribution in [2.24, 2.45) is 0 Å². The lowest BCUT2D eigenvalue weighted by molar-refractivity contribution is 0.602. The average Bonchev–Trinajstić information content (AvgIpc) is 2.49. The molecule has 0 aliphatic heterocycles. The fraction of sp³-hybridized carbons (Fsp3) is 0. The van der Waals surface area contributed by atoms with Crippen LogP contribution in [0.15, 0.2) is 65.8 Å². The molecule has 0 saturated heterocycles. The summed E-state index contributed by atoms with van der Waals surface area (Å²) in [6.45, 7) is 0. The van der Waals surface area contributed by atoms with E-state index in [4.69, 9.17) is 11.6 Å². The molecule has 106 valence electrons. The van der Waals surface area contributed by atoms with Crippen LogP contribution in [0.25, 0.3) is 10.8 Å². The predicted octanol–water partition coefficient (Wildman–Crippen LogP) is 3.69. The molecule has 0 unspecified atom stereocenters. The van der Waals surface area contributed by atoms with Crippen LogP contribution in [0, 0.1) is 0 Å². The van der Waals surface area contributed by atoms with Gasteiger partial charge in [0.25, 0.3) is 10.0 Å². The van der Waals surface area contributed by atoms with E-state index in [-0.39, 0.29) is 10.6 Å². The van der Waals surface area contributed by atoms with Crippen LogP contribution in [-0.2, 0) is 10.0 Å². The van der Waals surface area contributed by atoms with Crippen LogP contribution in [0.1, 0.15) is 0 Å². The standard InChI is InChI=1S/C15H11ClN2O2S/c16-13-8-9-17-10-14(13)18-21(19,20)15-7-3-5-11-4-1-2-6-12(11)15/h1-10,18H. The Morgan fingerprint density at radius 3 is 2.57 bits per heavy atom. The molecule has 3 aromatic rings. The van der Waals surface area contributed by atoms with Crippen LogP contribution in [0.4, 0.5) is 5.69 Å². The fourth-order valence-electron chi connectivity index (χ4n) is 2.08. The third kappa shape index (κ3) is 2.70. The summed E-state index contributed by atoms with van der Waals surface area (Å²) in [4.78, 5) is 4.08. The van der Waals surface area contributed by atoms with E-state index < -0.39 is 10.0 Å². The minimum atomic E-state index is -3.74. The van der Waals surface area contributed by atoms with E-state index in [9.17, 15) is 8.42 Å². The number of nitrogens with one attached hydrogen (secondary N) is 1. The number of nitrogens with zero attached hydrogens (tertiary/aromatic N) is 1. The molecule has 4 nitrogen and oxygen atoms in total. The van der Waals surface area contributed by atoms with E-state index in [1.807, 2.05) is 18.2 Å². The first kappa shape index (κ1) is 13.9. The van der Waals surface area contributed by atoms with Gasteiger partial charge in [0.2, 0.25) is 0 Å². The molecule has 1 heterocycles. The number of anilines is 1. The second-order valence-corrected chi connectivity index (χ2v) is 6.50. The molecule has 0 bridgehead atoms. The number of aromatic nitrogens is 1. The van der Waals surface area contributed by atoms with Gasteiger partial charge in [-0.1, -0.05) is 48.0 Å². The first-order valence-corrected chi connectivity index (χ1v) is 8.04. The zero-order valence-corrected chi connectivity index (χ0v) is 12.4. The summed E-state index contributed by atoms with van der Waals surface area (Å²) < 4.78 is 27.6. The SMILES string of the molecule is O=S(=O)(Nc1cnccc1Cl)c1cccc2ccccc12. The first-order valence-electron chi connectivity index (χ1n) is 6.18. The molecule has 6 heteroatoms. The van der Waals surface area contributed by atoms with Gasteiger partial charge in [-0.2, -0.15) is 0 Å². The summed E-state index contributed by atoms with van der Waals surface area (Å²) >= 11 is 5.97. The van der Waals surface area contributed by atoms with E-state index in [0.717, 1.165) is 5.39 Å². The molecule has 0 fully saturated rings. The average molecular weight is 319 g/mol. The molecular formula is C15H11ClN2O2S. The molecule has 0 saturated carbocycles. The molecule has 0 amide bonds. The number of rotatable bonds is 3. The third-order valence-electron chi connectivity index (χ3n) is 3.05. The smallest absolute Gasteiger partial charge is 0.262 e. The van der Waals surface area contributed by atoms with Crippen molar-refractivity contribution in [3.63, 3.8) is 0 Å². The van der Waals surface area contributed by atoms with Gasteiger partial charge < -0.3 is 0 Å². The molecular weight excluding hydrogens is 308 g/mol. The van der Waals surface area contributed by atoms with Crippen molar-refractivity contribution in [2.45, 2.75) is 4.90 Å². The van der Waals surface area contributed by atoms with E-state index in [1.54, 1.807) is 24.3 Å². The number of hydrogen-bond acceptors (Lipinski definition) is 3. The van der Waals surface area contributed by atoms with Crippen LogP contribution in [0.5, 0.6) is 0 Å². The van der Waals surface area contributed by atoms with Gasteiger partial charge in [-0.15, -0.1) is 0 Å². The Balaban J connectivity index is 2.11. The van der Waals surface area contributed by atoms with E-state index in [2.05, 4.69) is 9.71 Å². The summed E-state index contributed by atoms with van der Waals surface area (Å²) in [6.07, 6.45) is 2.88. The number of fused-ring (bicyclic) bond motifs is 1. The first-order chi connectivity index (χ1) is 10.1. The highest BCUT2D eigenvalue weighted by atomic mass is 35.5. The quantitative estimate of drug-likeness (QED) is 0.801. The van der Waals surface area contributed by atoms with Crippen molar-refractivity contribution in [1.82, 2.24) is 4.98 Å². The molecule has 21 heavy (non-hydrogen) atoms. The highest BCUT2D eigenvalue weighted by Gasteiger charge is 2.18. The van der Waals surface area contributed by atoms with Crippen LogP contribution >= 0.6 is 11.6 Å². The maximum atomic E-state index is 12.6. The molecule has 0 spiro atoms. The highest BCUT2D eigenvalue weighted by Crippen LogP contribution is 2.27. The van der Waals surface area contributed by atoms with Crippen LogP contribution in [-0.4, -0.2) is 13.4 Å². The summed E-state index contributed by atoms with van der Waals surface area (Å²) in [6, 6.07) is 14.0. The monoisotopic (exact) mass is 318 g/mol. The maximum absolute atomic E-state index is 12.6. The molecule has 1 N–H and O–H groups in total. The summed E-state index contributed by atoms with van der Waals surface area (Å²) in [5.74, 6) is 0. The minimum Gasteiger partial charge on any atom is -0.277 e. The zero-order chi connectivity index (χ0) is 14.9. The van der Waals surface area contributed by atoms with Crippen LogP contribution in [0.2, 0.25) is 5.02 Å². The van der Waals surface area contributed by atoms with Gasteiger partial charge in [0, 0.05) is 11.6 Å². The van der Waals surface area contributed by atoms with E-state index >= 15 is 0 Å². The van der Waals surface area contributed by atoms with Crippen molar-refractivity contribution in [3.8, 4) is 0 Å². The largest absolute Gasteiger partial charge is 0.277 e. The van der Waals surface area contributed by atoms with Crippen LogP contribution in [0.3, 0.4) is 0 Å². The molecule has 3 rings (SSSR count). The summed E-state index contributed by atoms with van der Waals surface area (Å²) in [5, 5.41) is 1.82. The van der Waals surface area contributed by atoms with E-state index in [0.29, 0.717) is 10.4 Å². The Morgan fingerprint density at radius 2 is 1.76 bits per heavy atom. The lowest BCUT2D eigenvalue weighted by atomic mass is 10.1. The van der Waals surface area contributed by atoms with Gasteiger partial charge in [0.15, 0.2) is 0 Å². The highest BCUT2D eigenvalue weighted by molar-refractivity contribution is 7.93. The lowest BCUT2D eigenvalue weighted by Gasteiger charge is -2.11. The number of benzene rings is 2. The number of pyridine rings is 1. The Bertz CT molecular complexity index is 905. The molecule has 0 aliphatic rings. The fourth-order valence-corrected chi connectivity index (χ4v) is 3.59. The predicted molar refractivity (Wildman–Crippen MR) is 84.0 cm³/mol. The van der Waals surface area contributed by atoms with E-state index in [1.165, 1.54) is 18.5 Å². The second-order valence-electron chi connectivity index (χ2n) is 4.44. The second kappa shape index (κ2) is 5.35. The number of sulfonamides is 1. The molecule has 1 aromatic heterocycles.